The number of carboxylic acids is 1. The Kier molecular flexibility index (Phi) is 4.64. The van der Waals surface area contributed by atoms with Crippen LogP contribution in [0.15, 0.2) is 48.5 Å². The van der Waals surface area contributed by atoms with Crippen LogP contribution in [0.2, 0.25) is 5.02 Å². The fourth-order valence-electron chi connectivity index (χ4n) is 2.16. The molecular weight excluding hydrogens is 274 g/mol. The molecule has 0 bridgehead atoms. The fourth-order valence-corrected chi connectivity index (χ4v) is 2.41. The Balaban J connectivity index is 2.33. The zero-order valence-electron chi connectivity index (χ0n) is 11.1. The molecule has 1 unspecified atom stereocenters. The molecule has 0 radical (unpaired) electrons. The average Bonchev–Trinajstić information content (AvgIpc) is 2.45. The van der Waals surface area contributed by atoms with Crippen molar-refractivity contribution in [1.29, 1.82) is 0 Å². The van der Waals surface area contributed by atoms with Crippen LogP contribution in [0.5, 0.6) is 0 Å². The van der Waals surface area contributed by atoms with Gasteiger partial charge in [-0.1, -0.05) is 54.9 Å². The van der Waals surface area contributed by atoms with Gasteiger partial charge in [0, 0.05) is 0 Å². The van der Waals surface area contributed by atoms with E-state index in [-0.39, 0.29) is 16.6 Å². The predicted molar refractivity (Wildman–Crippen MR) is 81.5 cm³/mol. The molecule has 0 spiro atoms. The SMILES string of the molecule is CCC(Nc1cccc(Cl)c1C(=O)O)c1ccccc1. The lowest BCUT2D eigenvalue weighted by molar-refractivity contribution is 0.0698. The molecule has 4 heteroatoms. The number of hydrogen-bond acceptors (Lipinski definition) is 2. The van der Waals surface area contributed by atoms with Gasteiger partial charge in [-0.15, -0.1) is 0 Å². The van der Waals surface area contributed by atoms with E-state index in [4.69, 9.17) is 11.6 Å². The molecule has 3 nitrogen and oxygen atoms in total. The lowest BCUT2D eigenvalue weighted by atomic mass is 10.0. The first kappa shape index (κ1) is 14.4. The van der Waals surface area contributed by atoms with Gasteiger partial charge in [0.25, 0.3) is 0 Å². The fraction of sp³-hybridized carbons (Fsp3) is 0.188. The summed E-state index contributed by atoms with van der Waals surface area (Å²) in [4.78, 5) is 11.3. The molecule has 0 heterocycles. The van der Waals surface area contributed by atoms with Gasteiger partial charge in [-0.2, -0.15) is 0 Å². The summed E-state index contributed by atoms with van der Waals surface area (Å²) in [5.41, 5.74) is 1.77. The molecule has 0 aliphatic carbocycles. The van der Waals surface area contributed by atoms with Gasteiger partial charge in [-0.3, -0.25) is 0 Å². The van der Waals surface area contributed by atoms with Crippen LogP contribution in [0.1, 0.15) is 35.3 Å². The number of aromatic carboxylic acids is 1. The van der Waals surface area contributed by atoms with Crippen molar-refractivity contribution in [2.24, 2.45) is 0 Å². The average molecular weight is 290 g/mol. The van der Waals surface area contributed by atoms with Crippen LogP contribution >= 0.6 is 11.6 Å². The second-order valence-electron chi connectivity index (χ2n) is 4.48. The van der Waals surface area contributed by atoms with Crippen molar-refractivity contribution < 1.29 is 9.90 Å². The van der Waals surface area contributed by atoms with Crippen LogP contribution in [0.4, 0.5) is 5.69 Å². The summed E-state index contributed by atoms with van der Waals surface area (Å²) in [5.74, 6) is -1.03. The van der Waals surface area contributed by atoms with Gasteiger partial charge in [0.1, 0.15) is 5.56 Å². The number of hydrogen-bond donors (Lipinski definition) is 2. The largest absolute Gasteiger partial charge is 0.478 e. The topological polar surface area (TPSA) is 49.3 Å². The monoisotopic (exact) mass is 289 g/mol. The molecule has 1 atom stereocenters. The molecular formula is C16H16ClNO2. The van der Waals surface area contributed by atoms with Crippen molar-refractivity contribution in [2.75, 3.05) is 5.32 Å². The minimum Gasteiger partial charge on any atom is -0.478 e. The molecule has 0 aromatic heterocycles. The molecule has 20 heavy (non-hydrogen) atoms. The summed E-state index contributed by atoms with van der Waals surface area (Å²) >= 11 is 5.98. The van der Waals surface area contributed by atoms with Gasteiger partial charge in [-0.25, -0.2) is 4.79 Å². The third-order valence-electron chi connectivity index (χ3n) is 3.17. The van der Waals surface area contributed by atoms with Crippen molar-refractivity contribution in [1.82, 2.24) is 0 Å². The number of rotatable bonds is 5. The second-order valence-corrected chi connectivity index (χ2v) is 4.89. The van der Waals surface area contributed by atoms with E-state index in [0.717, 1.165) is 12.0 Å². The highest BCUT2D eigenvalue weighted by atomic mass is 35.5. The first-order valence-electron chi connectivity index (χ1n) is 6.46. The van der Waals surface area contributed by atoms with Gasteiger partial charge < -0.3 is 10.4 Å². The van der Waals surface area contributed by atoms with Crippen molar-refractivity contribution in [3.63, 3.8) is 0 Å². The number of nitrogens with one attached hydrogen (secondary N) is 1. The first-order valence-corrected chi connectivity index (χ1v) is 6.84. The standard InChI is InChI=1S/C16H16ClNO2/c1-2-13(11-7-4-3-5-8-11)18-14-10-6-9-12(17)15(14)16(19)20/h3-10,13,18H,2H2,1H3,(H,19,20). The van der Waals surface area contributed by atoms with Crippen LogP contribution in [-0.4, -0.2) is 11.1 Å². The minimum atomic E-state index is -1.03. The molecule has 2 aromatic carbocycles. The third kappa shape index (κ3) is 3.11. The molecule has 104 valence electrons. The summed E-state index contributed by atoms with van der Waals surface area (Å²) in [7, 11) is 0. The number of carbonyl (C=O) groups is 1. The molecule has 0 amide bonds. The summed E-state index contributed by atoms with van der Waals surface area (Å²) in [6.45, 7) is 2.05. The van der Waals surface area contributed by atoms with E-state index in [1.54, 1.807) is 18.2 Å². The van der Waals surface area contributed by atoms with E-state index in [1.165, 1.54) is 0 Å². The summed E-state index contributed by atoms with van der Waals surface area (Å²) in [6, 6.07) is 15.0. The summed E-state index contributed by atoms with van der Waals surface area (Å²) in [5, 5.41) is 12.8. The van der Waals surface area contributed by atoms with Gasteiger partial charge in [0.05, 0.1) is 16.8 Å². The lowest BCUT2D eigenvalue weighted by Crippen LogP contribution is -2.13. The molecule has 2 aromatic rings. The third-order valence-corrected chi connectivity index (χ3v) is 3.48. The van der Waals surface area contributed by atoms with Crippen LogP contribution in [0.3, 0.4) is 0 Å². The molecule has 2 rings (SSSR count). The maximum Gasteiger partial charge on any atom is 0.339 e. The number of anilines is 1. The Bertz CT molecular complexity index is 599. The van der Waals surface area contributed by atoms with E-state index in [9.17, 15) is 9.90 Å². The number of halogens is 1. The van der Waals surface area contributed by atoms with Crippen molar-refractivity contribution in [3.05, 3.63) is 64.7 Å². The van der Waals surface area contributed by atoms with Gasteiger partial charge >= 0.3 is 5.97 Å². The van der Waals surface area contributed by atoms with Crippen LogP contribution < -0.4 is 5.32 Å². The first-order chi connectivity index (χ1) is 9.63. The summed E-state index contributed by atoms with van der Waals surface area (Å²) < 4.78 is 0. The van der Waals surface area contributed by atoms with Crippen LogP contribution in [0.25, 0.3) is 0 Å². The Morgan fingerprint density at radius 1 is 1.20 bits per heavy atom. The molecule has 0 aliphatic heterocycles. The van der Waals surface area contributed by atoms with Crippen molar-refractivity contribution in [3.8, 4) is 0 Å². The highest BCUT2D eigenvalue weighted by molar-refractivity contribution is 6.34. The van der Waals surface area contributed by atoms with Crippen molar-refractivity contribution in [2.45, 2.75) is 19.4 Å². The predicted octanol–water partition coefficient (Wildman–Crippen LogP) is 4.60. The molecule has 0 aliphatic rings. The number of carboxylic acid groups (broad SMARTS) is 1. The van der Waals surface area contributed by atoms with Crippen LogP contribution in [-0.2, 0) is 0 Å². The van der Waals surface area contributed by atoms with E-state index < -0.39 is 5.97 Å². The number of benzene rings is 2. The Labute approximate surface area is 123 Å². The van der Waals surface area contributed by atoms with Gasteiger partial charge in [0.15, 0.2) is 0 Å². The molecule has 2 N–H and O–H groups in total. The Morgan fingerprint density at radius 2 is 1.90 bits per heavy atom. The van der Waals surface area contributed by atoms with Crippen molar-refractivity contribution >= 4 is 23.3 Å². The second kappa shape index (κ2) is 6.44. The minimum absolute atomic E-state index is 0.0489. The van der Waals surface area contributed by atoms with Gasteiger partial charge in [-0.05, 0) is 24.1 Å². The maximum absolute atomic E-state index is 11.3. The highest BCUT2D eigenvalue weighted by Gasteiger charge is 2.17. The van der Waals surface area contributed by atoms with E-state index in [1.807, 2.05) is 30.3 Å². The quantitative estimate of drug-likeness (QED) is 0.845. The molecule has 0 saturated heterocycles. The highest BCUT2D eigenvalue weighted by Crippen LogP contribution is 2.29. The molecule has 0 fully saturated rings. The Hall–Kier alpha value is -2.00. The summed E-state index contributed by atoms with van der Waals surface area (Å²) in [6.07, 6.45) is 0.843. The Morgan fingerprint density at radius 3 is 2.50 bits per heavy atom. The zero-order valence-corrected chi connectivity index (χ0v) is 11.9. The maximum atomic E-state index is 11.3. The van der Waals surface area contributed by atoms with Crippen LogP contribution in [0, 0.1) is 0 Å². The smallest absolute Gasteiger partial charge is 0.339 e. The van der Waals surface area contributed by atoms with E-state index >= 15 is 0 Å². The van der Waals surface area contributed by atoms with Gasteiger partial charge in [0.2, 0.25) is 0 Å². The zero-order chi connectivity index (χ0) is 14.5. The van der Waals surface area contributed by atoms with E-state index in [2.05, 4.69) is 12.2 Å². The molecule has 0 saturated carbocycles. The lowest BCUT2D eigenvalue weighted by Gasteiger charge is -2.20. The van der Waals surface area contributed by atoms with E-state index in [0.29, 0.717) is 5.69 Å². The normalized spacial score (nSPS) is 11.9.